The maximum Gasteiger partial charge on any atom is 0.257 e. The summed E-state index contributed by atoms with van der Waals surface area (Å²) >= 11 is 0. The van der Waals surface area contributed by atoms with Gasteiger partial charge < -0.3 is 14.8 Å². The molecule has 6 heteroatoms. The topological polar surface area (TPSA) is 77.5 Å². The van der Waals surface area contributed by atoms with Gasteiger partial charge in [-0.15, -0.1) is 0 Å². The van der Waals surface area contributed by atoms with E-state index < -0.39 is 0 Å². The van der Waals surface area contributed by atoms with Crippen LogP contribution in [0.5, 0.6) is 5.88 Å². The molecule has 0 unspecified atom stereocenters. The fourth-order valence-electron chi connectivity index (χ4n) is 2.57. The van der Waals surface area contributed by atoms with Crippen molar-refractivity contribution in [3.63, 3.8) is 0 Å². The summed E-state index contributed by atoms with van der Waals surface area (Å²) < 4.78 is 11.1. The van der Waals surface area contributed by atoms with Gasteiger partial charge in [-0.1, -0.05) is 12.1 Å². The van der Waals surface area contributed by atoms with Crippen molar-refractivity contribution in [2.45, 2.75) is 25.9 Å². The first kappa shape index (κ1) is 17.1. The summed E-state index contributed by atoms with van der Waals surface area (Å²) in [6.45, 7) is 2.74. The SMILES string of the molecule is CC(=O)c1cccc(NC(=O)c2ccc(OC[C@@H]3CCCO3)nc2)c1. The van der Waals surface area contributed by atoms with Crippen LogP contribution in [0.3, 0.4) is 0 Å². The molecule has 1 saturated heterocycles. The van der Waals surface area contributed by atoms with Crippen molar-refractivity contribution in [3.05, 3.63) is 53.7 Å². The smallest absolute Gasteiger partial charge is 0.257 e. The van der Waals surface area contributed by atoms with Crippen LogP contribution in [-0.2, 0) is 4.74 Å². The van der Waals surface area contributed by atoms with Gasteiger partial charge in [-0.3, -0.25) is 9.59 Å². The van der Waals surface area contributed by atoms with E-state index >= 15 is 0 Å². The number of nitrogens with zero attached hydrogens (tertiary/aromatic N) is 1. The van der Waals surface area contributed by atoms with Crippen molar-refractivity contribution in [2.24, 2.45) is 0 Å². The molecule has 6 nitrogen and oxygen atoms in total. The van der Waals surface area contributed by atoms with Crippen molar-refractivity contribution in [2.75, 3.05) is 18.5 Å². The maximum absolute atomic E-state index is 12.3. The molecule has 2 aromatic rings. The standard InChI is InChI=1S/C19H20N2O4/c1-13(22)14-4-2-5-16(10-14)21-19(23)15-7-8-18(20-11-15)25-12-17-6-3-9-24-17/h2,4-5,7-8,10-11,17H,3,6,9,12H2,1H3,(H,21,23)/t17-/m0/s1. The average Bonchev–Trinajstić information content (AvgIpc) is 3.14. The Morgan fingerprint density at radius 3 is 2.84 bits per heavy atom. The Kier molecular flexibility index (Phi) is 5.40. The van der Waals surface area contributed by atoms with Gasteiger partial charge in [-0.05, 0) is 38.0 Å². The van der Waals surface area contributed by atoms with Crippen LogP contribution in [0.1, 0.15) is 40.5 Å². The summed E-state index contributed by atoms with van der Waals surface area (Å²) in [6, 6.07) is 10.1. The molecule has 0 spiro atoms. The van der Waals surface area contributed by atoms with Crippen LogP contribution in [0.15, 0.2) is 42.6 Å². The second-order valence-electron chi connectivity index (χ2n) is 5.92. The predicted octanol–water partition coefficient (Wildman–Crippen LogP) is 3.09. The van der Waals surface area contributed by atoms with Crippen LogP contribution in [0.2, 0.25) is 0 Å². The molecule has 0 radical (unpaired) electrons. The van der Waals surface area contributed by atoms with Crippen LogP contribution in [-0.4, -0.2) is 36.0 Å². The van der Waals surface area contributed by atoms with Gasteiger partial charge in [-0.25, -0.2) is 4.98 Å². The number of carbonyl (C=O) groups is 2. The maximum atomic E-state index is 12.3. The molecule has 0 aliphatic carbocycles. The third kappa shape index (κ3) is 4.64. The van der Waals surface area contributed by atoms with Gasteiger partial charge in [0, 0.05) is 30.1 Å². The predicted molar refractivity (Wildman–Crippen MR) is 93.1 cm³/mol. The molecule has 25 heavy (non-hydrogen) atoms. The number of anilines is 1. The third-order valence-electron chi connectivity index (χ3n) is 3.97. The zero-order chi connectivity index (χ0) is 17.6. The quantitative estimate of drug-likeness (QED) is 0.818. The number of nitrogens with one attached hydrogen (secondary N) is 1. The zero-order valence-corrected chi connectivity index (χ0v) is 14.0. The number of pyridine rings is 1. The number of aromatic nitrogens is 1. The highest BCUT2D eigenvalue weighted by Crippen LogP contribution is 2.16. The number of ether oxygens (including phenoxy) is 2. The molecule has 130 valence electrons. The van der Waals surface area contributed by atoms with E-state index in [4.69, 9.17) is 9.47 Å². The van der Waals surface area contributed by atoms with Gasteiger partial charge in [-0.2, -0.15) is 0 Å². The first-order valence-electron chi connectivity index (χ1n) is 8.24. The fourth-order valence-corrected chi connectivity index (χ4v) is 2.57. The van der Waals surface area contributed by atoms with E-state index in [1.54, 1.807) is 36.4 Å². The molecule has 1 fully saturated rings. The van der Waals surface area contributed by atoms with Gasteiger partial charge in [0.2, 0.25) is 5.88 Å². The van der Waals surface area contributed by atoms with Gasteiger partial charge in [0.05, 0.1) is 11.7 Å². The van der Waals surface area contributed by atoms with E-state index in [1.165, 1.54) is 13.1 Å². The highest BCUT2D eigenvalue weighted by atomic mass is 16.5. The van der Waals surface area contributed by atoms with E-state index in [0.29, 0.717) is 29.3 Å². The second-order valence-corrected chi connectivity index (χ2v) is 5.92. The monoisotopic (exact) mass is 340 g/mol. The van der Waals surface area contributed by atoms with Crippen molar-refractivity contribution in [3.8, 4) is 5.88 Å². The molecule has 3 rings (SSSR count). The average molecular weight is 340 g/mol. The number of amides is 1. The zero-order valence-electron chi connectivity index (χ0n) is 14.0. The summed E-state index contributed by atoms with van der Waals surface area (Å²) in [5, 5.41) is 2.76. The van der Waals surface area contributed by atoms with Crippen molar-refractivity contribution >= 4 is 17.4 Å². The summed E-state index contributed by atoms with van der Waals surface area (Å²) in [6.07, 6.45) is 3.65. The van der Waals surface area contributed by atoms with Crippen LogP contribution in [0.4, 0.5) is 5.69 Å². The minimum absolute atomic E-state index is 0.0505. The van der Waals surface area contributed by atoms with Crippen LogP contribution in [0.25, 0.3) is 0 Å². The van der Waals surface area contributed by atoms with E-state index in [-0.39, 0.29) is 17.8 Å². The Bertz CT molecular complexity index is 752. The molecule has 1 aliphatic rings. The first-order valence-corrected chi connectivity index (χ1v) is 8.24. The number of rotatable bonds is 6. The van der Waals surface area contributed by atoms with Gasteiger partial charge in [0.25, 0.3) is 5.91 Å². The number of hydrogen-bond donors (Lipinski definition) is 1. The summed E-state index contributed by atoms with van der Waals surface area (Å²) in [4.78, 5) is 27.8. The Balaban J connectivity index is 1.58. The lowest BCUT2D eigenvalue weighted by Crippen LogP contribution is -2.17. The normalized spacial score (nSPS) is 16.4. The van der Waals surface area contributed by atoms with E-state index in [1.807, 2.05) is 0 Å². The van der Waals surface area contributed by atoms with Crippen LogP contribution in [0, 0.1) is 0 Å². The Hall–Kier alpha value is -2.73. The van der Waals surface area contributed by atoms with Crippen LogP contribution >= 0.6 is 0 Å². The lowest BCUT2D eigenvalue weighted by atomic mass is 10.1. The fraction of sp³-hybridized carbons (Fsp3) is 0.316. The lowest BCUT2D eigenvalue weighted by Gasteiger charge is -2.11. The van der Waals surface area contributed by atoms with Crippen molar-refractivity contribution in [1.82, 2.24) is 4.98 Å². The molecule has 1 atom stereocenters. The number of carbonyl (C=O) groups excluding carboxylic acids is 2. The highest BCUT2D eigenvalue weighted by Gasteiger charge is 2.16. The summed E-state index contributed by atoms with van der Waals surface area (Å²) in [7, 11) is 0. The third-order valence-corrected chi connectivity index (χ3v) is 3.97. The van der Waals surface area contributed by atoms with Crippen LogP contribution < -0.4 is 10.1 Å². The van der Waals surface area contributed by atoms with E-state index in [2.05, 4.69) is 10.3 Å². The first-order chi connectivity index (χ1) is 12.1. The summed E-state index contributed by atoms with van der Waals surface area (Å²) in [5.74, 6) is 0.120. The molecule has 1 aromatic carbocycles. The number of Topliss-reactive ketones (excluding diaryl/α,β-unsaturated/α-hetero) is 1. The minimum Gasteiger partial charge on any atom is -0.475 e. The molecular weight excluding hydrogens is 320 g/mol. The van der Waals surface area contributed by atoms with Crippen molar-refractivity contribution in [1.29, 1.82) is 0 Å². The number of benzene rings is 1. The molecule has 1 amide bonds. The lowest BCUT2D eigenvalue weighted by molar-refractivity contribution is 0.0663. The molecule has 2 heterocycles. The minimum atomic E-state index is -0.293. The largest absolute Gasteiger partial charge is 0.475 e. The van der Waals surface area contributed by atoms with E-state index in [0.717, 1.165) is 19.4 Å². The Labute approximate surface area is 146 Å². The van der Waals surface area contributed by atoms with Gasteiger partial charge >= 0.3 is 0 Å². The molecule has 1 aromatic heterocycles. The molecular formula is C19H20N2O4. The molecule has 0 saturated carbocycles. The van der Waals surface area contributed by atoms with Gasteiger partial charge in [0.1, 0.15) is 6.61 Å². The number of ketones is 1. The molecule has 0 bridgehead atoms. The van der Waals surface area contributed by atoms with Gasteiger partial charge in [0.15, 0.2) is 5.78 Å². The number of hydrogen-bond acceptors (Lipinski definition) is 5. The Morgan fingerprint density at radius 2 is 2.16 bits per heavy atom. The summed E-state index contributed by atoms with van der Waals surface area (Å²) in [5.41, 5.74) is 1.53. The Morgan fingerprint density at radius 1 is 1.28 bits per heavy atom. The second kappa shape index (κ2) is 7.90. The van der Waals surface area contributed by atoms with Crippen molar-refractivity contribution < 1.29 is 19.1 Å². The molecule has 1 N–H and O–H groups in total. The molecule has 1 aliphatic heterocycles. The highest BCUT2D eigenvalue weighted by molar-refractivity contribution is 6.05. The van der Waals surface area contributed by atoms with E-state index in [9.17, 15) is 9.59 Å².